The zero-order valence-corrected chi connectivity index (χ0v) is 17.8. The zero-order valence-electron chi connectivity index (χ0n) is 17.8. The van der Waals surface area contributed by atoms with Crippen molar-refractivity contribution in [1.29, 1.82) is 0 Å². The van der Waals surface area contributed by atoms with Crippen LogP contribution in [0.4, 0.5) is 0 Å². The molecule has 0 saturated carbocycles. The maximum atomic E-state index is 4.65. The first kappa shape index (κ1) is 20.0. The van der Waals surface area contributed by atoms with E-state index in [9.17, 15) is 0 Å². The summed E-state index contributed by atoms with van der Waals surface area (Å²) in [7, 11) is 0. The Labute approximate surface area is 168 Å². The summed E-state index contributed by atoms with van der Waals surface area (Å²) in [5, 5.41) is 2.43. The highest BCUT2D eigenvalue weighted by Crippen LogP contribution is 2.24. The first-order chi connectivity index (χ1) is 13.1. The third-order valence-corrected chi connectivity index (χ3v) is 4.82. The fourth-order valence-electron chi connectivity index (χ4n) is 2.96. The normalized spacial score (nSPS) is 11.9. The monoisotopic (exact) mass is 370 g/mol. The van der Waals surface area contributed by atoms with Crippen LogP contribution in [0.2, 0.25) is 0 Å². The highest BCUT2D eigenvalue weighted by Gasteiger charge is 2.15. The highest BCUT2D eigenvalue weighted by molar-refractivity contribution is 5.79. The molecule has 4 rings (SSSR count). The van der Waals surface area contributed by atoms with E-state index in [1.54, 1.807) is 0 Å². The lowest BCUT2D eigenvalue weighted by Crippen LogP contribution is -2.13. The van der Waals surface area contributed by atoms with Gasteiger partial charge in [-0.05, 0) is 35.2 Å². The van der Waals surface area contributed by atoms with E-state index in [-0.39, 0.29) is 10.8 Å². The molecule has 0 aliphatic carbocycles. The van der Waals surface area contributed by atoms with Crippen molar-refractivity contribution in [1.82, 2.24) is 9.97 Å². The van der Waals surface area contributed by atoms with Crippen molar-refractivity contribution in [2.24, 2.45) is 0 Å². The van der Waals surface area contributed by atoms with Crippen molar-refractivity contribution in [3.05, 3.63) is 84.2 Å². The number of hydrogen-bond acceptors (Lipinski definition) is 2. The number of para-hydroxylation sites is 2. The molecule has 2 heteroatoms. The molecular formula is C26H30N2. The van der Waals surface area contributed by atoms with Gasteiger partial charge in [0.15, 0.2) is 0 Å². The molecule has 2 aromatic carbocycles. The number of pyridine rings is 2. The van der Waals surface area contributed by atoms with Crippen LogP contribution in [0.15, 0.2) is 72.9 Å². The van der Waals surface area contributed by atoms with Gasteiger partial charge < -0.3 is 0 Å². The summed E-state index contributed by atoms with van der Waals surface area (Å²) in [5.41, 5.74) is 4.90. The zero-order chi connectivity index (χ0) is 20.4. The molecule has 144 valence electrons. The Hall–Kier alpha value is -2.74. The average molecular weight is 371 g/mol. The van der Waals surface area contributed by atoms with E-state index < -0.39 is 0 Å². The molecule has 28 heavy (non-hydrogen) atoms. The second kappa shape index (κ2) is 7.71. The van der Waals surface area contributed by atoms with Gasteiger partial charge in [0.1, 0.15) is 0 Å². The topological polar surface area (TPSA) is 25.8 Å². The van der Waals surface area contributed by atoms with Gasteiger partial charge in [0.05, 0.1) is 11.0 Å². The van der Waals surface area contributed by atoms with Crippen LogP contribution in [0.1, 0.15) is 52.8 Å². The average Bonchev–Trinajstić information content (AvgIpc) is 2.66. The molecule has 0 aliphatic heterocycles. The number of rotatable bonds is 0. The van der Waals surface area contributed by atoms with E-state index in [0.717, 1.165) is 16.7 Å². The molecule has 0 unspecified atom stereocenters. The predicted octanol–water partition coefficient (Wildman–Crippen LogP) is 7.06. The summed E-state index contributed by atoms with van der Waals surface area (Å²) < 4.78 is 0. The molecule has 4 aromatic rings. The number of hydrogen-bond donors (Lipinski definition) is 0. The molecular weight excluding hydrogens is 340 g/mol. The lowest BCUT2D eigenvalue weighted by molar-refractivity contribution is 0.571. The molecule has 0 atom stereocenters. The van der Waals surface area contributed by atoms with Crippen molar-refractivity contribution in [3.8, 4) is 0 Å². The first-order valence-electron chi connectivity index (χ1n) is 9.86. The molecule has 0 aliphatic rings. The smallest absolute Gasteiger partial charge is 0.0705 e. The SMILES string of the molecule is CC(C)(C)c1ccc2ccccc2n1.CC(C)(C)c1cnc2ccccc2c1. The molecule has 2 aromatic heterocycles. The molecule has 2 heterocycles. The minimum absolute atomic E-state index is 0.129. The summed E-state index contributed by atoms with van der Waals surface area (Å²) >= 11 is 0. The van der Waals surface area contributed by atoms with Crippen LogP contribution < -0.4 is 0 Å². The van der Waals surface area contributed by atoms with E-state index in [2.05, 4.69) is 94.0 Å². The quantitative estimate of drug-likeness (QED) is 0.331. The molecule has 0 amide bonds. The van der Waals surface area contributed by atoms with Crippen LogP contribution in [0.25, 0.3) is 21.8 Å². The van der Waals surface area contributed by atoms with E-state index >= 15 is 0 Å². The Kier molecular flexibility index (Phi) is 5.51. The standard InChI is InChI=1S/2C13H15N/c1-13(2,3)11-8-10-6-4-5-7-12(10)14-9-11;1-13(2,3)12-9-8-10-6-4-5-7-11(10)14-12/h2*4-9H,1-3H3. The van der Waals surface area contributed by atoms with Crippen molar-refractivity contribution in [2.45, 2.75) is 52.4 Å². The van der Waals surface area contributed by atoms with Crippen molar-refractivity contribution in [2.75, 3.05) is 0 Å². The summed E-state index contributed by atoms with van der Waals surface area (Å²) in [6, 6.07) is 22.9. The van der Waals surface area contributed by atoms with Gasteiger partial charge in [0.2, 0.25) is 0 Å². The third-order valence-electron chi connectivity index (χ3n) is 4.82. The molecule has 0 radical (unpaired) electrons. The largest absolute Gasteiger partial charge is 0.256 e. The van der Waals surface area contributed by atoms with E-state index in [4.69, 9.17) is 0 Å². The van der Waals surface area contributed by atoms with E-state index in [1.165, 1.54) is 16.3 Å². The Morgan fingerprint density at radius 1 is 0.607 bits per heavy atom. The molecule has 0 bridgehead atoms. The van der Waals surface area contributed by atoms with Gasteiger partial charge in [0, 0.05) is 28.1 Å². The Bertz CT molecular complexity index is 993. The fraction of sp³-hybridized carbons (Fsp3) is 0.308. The third kappa shape index (κ3) is 4.75. The van der Waals surface area contributed by atoms with Crippen molar-refractivity contribution >= 4 is 21.8 Å². The lowest BCUT2D eigenvalue weighted by Gasteiger charge is -2.18. The molecule has 0 spiro atoms. The van der Waals surface area contributed by atoms with Crippen LogP contribution in [0.5, 0.6) is 0 Å². The minimum atomic E-state index is 0.129. The minimum Gasteiger partial charge on any atom is -0.256 e. The van der Waals surface area contributed by atoms with E-state index in [1.807, 2.05) is 30.5 Å². The Balaban J connectivity index is 0.000000161. The van der Waals surface area contributed by atoms with Gasteiger partial charge in [-0.15, -0.1) is 0 Å². The molecule has 0 saturated heterocycles. The highest BCUT2D eigenvalue weighted by atomic mass is 14.7. The van der Waals surface area contributed by atoms with Crippen LogP contribution in [0.3, 0.4) is 0 Å². The number of nitrogens with zero attached hydrogens (tertiary/aromatic N) is 2. The molecule has 2 nitrogen and oxygen atoms in total. The fourth-order valence-corrected chi connectivity index (χ4v) is 2.96. The second-order valence-electron chi connectivity index (χ2n) is 9.31. The maximum Gasteiger partial charge on any atom is 0.0705 e. The predicted molar refractivity (Wildman–Crippen MR) is 121 cm³/mol. The van der Waals surface area contributed by atoms with E-state index in [0.29, 0.717) is 0 Å². The van der Waals surface area contributed by atoms with Crippen molar-refractivity contribution < 1.29 is 0 Å². The lowest BCUT2D eigenvalue weighted by atomic mass is 9.88. The maximum absolute atomic E-state index is 4.65. The summed E-state index contributed by atoms with van der Waals surface area (Å²) in [5.74, 6) is 0. The first-order valence-corrected chi connectivity index (χ1v) is 9.86. The second-order valence-corrected chi connectivity index (χ2v) is 9.31. The Morgan fingerprint density at radius 3 is 1.86 bits per heavy atom. The summed E-state index contributed by atoms with van der Waals surface area (Å²) in [6.07, 6.45) is 1.97. The number of benzene rings is 2. The number of fused-ring (bicyclic) bond motifs is 2. The van der Waals surface area contributed by atoms with Crippen LogP contribution in [0, 0.1) is 0 Å². The van der Waals surface area contributed by atoms with Gasteiger partial charge >= 0.3 is 0 Å². The Morgan fingerprint density at radius 2 is 1.21 bits per heavy atom. The van der Waals surface area contributed by atoms with Gasteiger partial charge in [-0.3, -0.25) is 9.97 Å². The molecule has 0 fully saturated rings. The van der Waals surface area contributed by atoms with Gasteiger partial charge in [0.25, 0.3) is 0 Å². The van der Waals surface area contributed by atoms with Gasteiger partial charge in [-0.25, -0.2) is 0 Å². The van der Waals surface area contributed by atoms with Crippen molar-refractivity contribution in [3.63, 3.8) is 0 Å². The van der Waals surface area contributed by atoms with Crippen LogP contribution >= 0.6 is 0 Å². The van der Waals surface area contributed by atoms with Crippen LogP contribution in [-0.2, 0) is 10.8 Å². The van der Waals surface area contributed by atoms with Gasteiger partial charge in [-0.2, -0.15) is 0 Å². The van der Waals surface area contributed by atoms with Crippen LogP contribution in [-0.4, -0.2) is 9.97 Å². The number of aromatic nitrogens is 2. The summed E-state index contributed by atoms with van der Waals surface area (Å²) in [4.78, 5) is 9.09. The summed E-state index contributed by atoms with van der Waals surface area (Å²) in [6.45, 7) is 13.2. The molecule has 0 N–H and O–H groups in total. The van der Waals surface area contributed by atoms with Gasteiger partial charge in [-0.1, -0.05) is 84.0 Å².